The fourth-order valence-electron chi connectivity index (χ4n) is 0.965. The molecule has 0 aliphatic heterocycles. The van der Waals surface area contributed by atoms with Crippen molar-refractivity contribution in [2.75, 3.05) is 0 Å². The monoisotopic (exact) mass is 196 g/mol. The van der Waals surface area contributed by atoms with Crippen LogP contribution in [0.2, 0.25) is 0 Å². The zero-order valence-electron chi connectivity index (χ0n) is 8.32. The Morgan fingerprint density at radius 1 is 1.46 bits per heavy atom. The van der Waals surface area contributed by atoms with Gasteiger partial charge < -0.3 is 5.73 Å². The lowest BCUT2D eigenvalue weighted by Crippen LogP contribution is -2.19. The molecule has 0 spiro atoms. The van der Waals surface area contributed by atoms with Gasteiger partial charge in [-0.15, -0.1) is 11.3 Å². The van der Waals surface area contributed by atoms with Crippen LogP contribution in [0.15, 0.2) is 22.5 Å². The Morgan fingerprint density at radius 3 is 2.62 bits per heavy atom. The second-order valence-electron chi connectivity index (χ2n) is 3.40. The van der Waals surface area contributed by atoms with E-state index in [9.17, 15) is 0 Å². The van der Waals surface area contributed by atoms with E-state index in [2.05, 4.69) is 37.2 Å². The Kier molecular flexibility index (Phi) is 3.48. The number of nitrogens with two attached hydrogens (primary N) is 1. The predicted octanol–water partition coefficient (Wildman–Crippen LogP) is 2.82. The van der Waals surface area contributed by atoms with E-state index in [0.717, 1.165) is 5.84 Å². The molecule has 1 rings (SSSR count). The van der Waals surface area contributed by atoms with E-state index in [1.165, 1.54) is 4.88 Å². The average Bonchev–Trinajstić information content (AvgIpc) is 2.55. The van der Waals surface area contributed by atoms with E-state index in [4.69, 9.17) is 5.73 Å². The van der Waals surface area contributed by atoms with Crippen LogP contribution in [0, 0.1) is 5.92 Å². The van der Waals surface area contributed by atoms with Crippen LogP contribution in [0.25, 0.3) is 0 Å². The van der Waals surface area contributed by atoms with Crippen molar-refractivity contribution in [3.8, 4) is 0 Å². The van der Waals surface area contributed by atoms with Gasteiger partial charge in [0, 0.05) is 10.8 Å². The second kappa shape index (κ2) is 4.42. The first-order valence-corrected chi connectivity index (χ1v) is 5.35. The molecule has 2 N–H and O–H groups in total. The number of rotatable bonds is 3. The van der Waals surface area contributed by atoms with E-state index in [1.807, 2.05) is 6.07 Å². The SMILES string of the molecule is CC(C)C(N)=NC(C)c1cccs1. The van der Waals surface area contributed by atoms with Gasteiger partial charge in [0.15, 0.2) is 0 Å². The molecule has 0 saturated heterocycles. The van der Waals surface area contributed by atoms with Crippen molar-refractivity contribution in [3.05, 3.63) is 22.4 Å². The maximum Gasteiger partial charge on any atom is 0.0970 e. The maximum atomic E-state index is 5.78. The van der Waals surface area contributed by atoms with Gasteiger partial charge in [0.1, 0.15) is 0 Å². The van der Waals surface area contributed by atoms with Crippen LogP contribution >= 0.6 is 11.3 Å². The third-order valence-corrected chi connectivity index (χ3v) is 2.93. The number of nitrogens with zero attached hydrogens (tertiary/aromatic N) is 1. The van der Waals surface area contributed by atoms with Gasteiger partial charge in [0.2, 0.25) is 0 Å². The first-order chi connectivity index (χ1) is 6.11. The topological polar surface area (TPSA) is 38.4 Å². The molecule has 1 aromatic heterocycles. The maximum absolute atomic E-state index is 5.78. The summed E-state index contributed by atoms with van der Waals surface area (Å²) in [5.74, 6) is 1.07. The lowest BCUT2D eigenvalue weighted by Gasteiger charge is -2.08. The number of thiophene rings is 1. The van der Waals surface area contributed by atoms with Gasteiger partial charge in [0.25, 0.3) is 0 Å². The zero-order chi connectivity index (χ0) is 9.84. The Morgan fingerprint density at radius 2 is 2.15 bits per heavy atom. The molecule has 1 heterocycles. The van der Waals surface area contributed by atoms with Crippen molar-refractivity contribution in [1.82, 2.24) is 0 Å². The van der Waals surface area contributed by atoms with Crippen LogP contribution in [-0.2, 0) is 0 Å². The molecule has 1 unspecified atom stereocenters. The van der Waals surface area contributed by atoms with E-state index in [-0.39, 0.29) is 6.04 Å². The van der Waals surface area contributed by atoms with Gasteiger partial charge in [-0.2, -0.15) is 0 Å². The van der Waals surface area contributed by atoms with Gasteiger partial charge in [-0.1, -0.05) is 19.9 Å². The lowest BCUT2D eigenvalue weighted by atomic mass is 10.2. The van der Waals surface area contributed by atoms with Crippen LogP contribution in [0.1, 0.15) is 31.7 Å². The van der Waals surface area contributed by atoms with E-state index in [1.54, 1.807) is 11.3 Å². The molecule has 2 nitrogen and oxygen atoms in total. The fraction of sp³-hybridized carbons (Fsp3) is 0.500. The Labute approximate surface area is 83.5 Å². The van der Waals surface area contributed by atoms with Gasteiger partial charge in [-0.25, -0.2) is 0 Å². The van der Waals surface area contributed by atoms with Crippen molar-refractivity contribution >= 4 is 17.2 Å². The highest BCUT2D eigenvalue weighted by atomic mass is 32.1. The largest absolute Gasteiger partial charge is 0.387 e. The molecule has 3 heteroatoms. The first kappa shape index (κ1) is 10.3. The molecule has 0 fully saturated rings. The average molecular weight is 196 g/mol. The second-order valence-corrected chi connectivity index (χ2v) is 4.38. The van der Waals surface area contributed by atoms with E-state index >= 15 is 0 Å². The molecule has 1 atom stereocenters. The summed E-state index contributed by atoms with van der Waals surface area (Å²) < 4.78 is 0. The number of aliphatic imine (C=N–C) groups is 1. The third-order valence-electron chi connectivity index (χ3n) is 1.89. The highest BCUT2D eigenvalue weighted by Gasteiger charge is 2.06. The lowest BCUT2D eigenvalue weighted by molar-refractivity contribution is 0.791. The summed E-state index contributed by atoms with van der Waals surface area (Å²) in [6, 6.07) is 4.33. The van der Waals surface area contributed by atoms with Gasteiger partial charge in [-0.05, 0) is 18.4 Å². The minimum Gasteiger partial charge on any atom is -0.387 e. The van der Waals surface area contributed by atoms with E-state index in [0.29, 0.717) is 5.92 Å². The molecular formula is C10H16N2S. The summed E-state index contributed by atoms with van der Waals surface area (Å²) in [5, 5.41) is 2.06. The Bertz CT molecular complexity index is 275. The van der Waals surface area contributed by atoms with Crippen LogP contribution in [0.4, 0.5) is 0 Å². The number of amidine groups is 1. The molecule has 0 radical (unpaired) electrons. The molecule has 0 bridgehead atoms. The number of hydrogen-bond donors (Lipinski definition) is 1. The molecule has 0 aliphatic rings. The summed E-state index contributed by atoms with van der Waals surface area (Å²) >= 11 is 1.72. The molecule has 72 valence electrons. The third kappa shape index (κ3) is 2.84. The minimum atomic E-state index is 0.197. The van der Waals surface area contributed by atoms with Crippen LogP contribution < -0.4 is 5.73 Å². The smallest absolute Gasteiger partial charge is 0.0970 e. The highest BCUT2D eigenvalue weighted by molar-refractivity contribution is 7.10. The summed E-state index contributed by atoms with van der Waals surface area (Å²) in [6.45, 7) is 6.18. The van der Waals surface area contributed by atoms with Crippen molar-refractivity contribution in [2.45, 2.75) is 26.8 Å². The first-order valence-electron chi connectivity index (χ1n) is 4.48. The fourth-order valence-corrected chi connectivity index (χ4v) is 1.69. The summed E-state index contributed by atoms with van der Waals surface area (Å²) in [6.07, 6.45) is 0. The zero-order valence-corrected chi connectivity index (χ0v) is 9.14. The van der Waals surface area contributed by atoms with Crippen LogP contribution in [0.5, 0.6) is 0 Å². The Hall–Kier alpha value is -0.830. The molecule has 0 aromatic carbocycles. The van der Waals surface area contributed by atoms with E-state index < -0.39 is 0 Å². The minimum absolute atomic E-state index is 0.197. The molecule has 13 heavy (non-hydrogen) atoms. The van der Waals surface area contributed by atoms with Crippen molar-refractivity contribution in [3.63, 3.8) is 0 Å². The van der Waals surface area contributed by atoms with Crippen molar-refractivity contribution in [2.24, 2.45) is 16.6 Å². The molecular weight excluding hydrogens is 180 g/mol. The van der Waals surface area contributed by atoms with Crippen LogP contribution in [-0.4, -0.2) is 5.84 Å². The molecule has 1 aromatic rings. The molecule has 0 saturated carbocycles. The number of hydrogen-bond acceptors (Lipinski definition) is 2. The van der Waals surface area contributed by atoms with Crippen LogP contribution in [0.3, 0.4) is 0 Å². The highest BCUT2D eigenvalue weighted by Crippen LogP contribution is 2.21. The predicted molar refractivity (Wildman–Crippen MR) is 59.2 cm³/mol. The Balaban J connectivity index is 2.70. The van der Waals surface area contributed by atoms with Gasteiger partial charge in [0.05, 0.1) is 11.9 Å². The van der Waals surface area contributed by atoms with Gasteiger partial charge in [-0.3, -0.25) is 4.99 Å². The molecule has 0 amide bonds. The quantitative estimate of drug-likeness (QED) is 0.586. The normalized spacial score (nSPS) is 14.9. The summed E-state index contributed by atoms with van der Waals surface area (Å²) in [4.78, 5) is 5.69. The van der Waals surface area contributed by atoms with Crippen molar-refractivity contribution < 1.29 is 0 Å². The molecule has 0 aliphatic carbocycles. The summed E-state index contributed by atoms with van der Waals surface area (Å²) in [7, 11) is 0. The standard InChI is InChI=1S/C10H16N2S/c1-7(2)10(11)12-8(3)9-5-4-6-13-9/h4-8H,1-3H3,(H2,11,12). The summed E-state index contributed by atoms with van der Waals surface area (Å²) in [5.41, 5.74) is 5.78. The van der Waals surface area contributed by atoms with Crippen molar-refractivity contribution in [1.29, 1.82) is 0 Å². The van der Waals surface area contributed by atoms with Gasteiger partial charge >= 0.3 is 0 Å².